The highest BCUT2D eigenvalue weighted by atomic mass is 32.2. The Morgan fingerprint density at radius 2 is 2.05 bits per heavy atom. The standard InChI is InChI=1S/C14H22N2O4S/c1-15(12-6-10-19-11-7-12)21(17,18)16-8-2-4-13(16)14-5-3-9-20-14/h3,5,9,12-13H,2,4,6-8,10-11H2,1H3. The molecule has 21 heavy (non-hydrogen) atoms. The van der Waals surface area contributed by atoms with Crippen molar-refractivity contribution < 1.29 is 17.6 Å². The average Bonchev–Trinajstić information content (AvgIpc) is 3.17. The second kappa shape index (κ2) is 6.08. The third kappa shape index (κ3) is 2.88. The van der Waals surface area contributed by atoms with E-state index in [1.54, 1.807) is 23.7 Å². The van der Waals surface area contributed by atoms with E-state index in [9.17, 15) is 8.42 Å². The van der Waals surface area contributed by atoms with Crippen LogP contribution in [0.3, 0.4) is 0 Å². The number of hydrogen-bond acceptors (Lipinski definition) is 4. The first kappa shape index (κ1) is 15.0. The van der Waals surface area contributed by atoms with Gasteiger partial charge >= 0.3 is 0 Å². The van der Waals surface area contributed by atoms with Crippen LogP contribution < -0.4 is 0 Å². The third-order valence-electron chi connectivity index (χ3n) is 4.44. The van der Waals surface area contributed by atoms with E-state index in [2.05, 4.69) is 0 Å². The van der Waals surface area contributed by atoms with E-state index in [0.717, 1.165) is 31.4 Å². The molecular weight excluding hydrogens is 292 g/mol. The third-order valence-corrected chi connectivity index (χ3v) is 6.50. The van der Waals surface area contributed by atoms with Crippen molar-refractivity contribution in [3.05, 3.63) is 24.2 Å². The van der Waals surface area contributed by atoms with Gasteiger partial charge in [0.15, 0.2) is 0 Å². The lowest BCUT2D eigenvalue weighted by Crippen LogP contribution is -2.47. The molecule has 0 radical (unpaired) electrons. The topological polar surface area (TPSA) is 63.0 Å². The van der Waals surface area contributed by atoms with Crippen molar-refractivity contribution in [3.63, 3.8) is 0 Å². The van der Waals surface area contributed by atoms with Gasteiger partial charge in [-0.05, 0) is 37.8 Å². The molecule has 118 valence electrons. The Hall–Kier alpha value is -0.890. The summed E-state index contributed by atoms with van der Waals surface area (Å²) < 4.78 is 39.7. The fraction of sp³-hybridized carbons (Fsp3) is 0.714. The first-order valence-corrected chi connectivity index (χ1v) is 8.86. The van der Waals surface area contributed by atoms with Gasteiger partial charge in [-0.15, -0.1) is 0 Å². The summed E-state index contributed by atoms with van der Waals surface area (Å²) in [5.74, 6) is 0.733. The minimum absolute atomic E-state index is 0.0293. The lowest BCUT2D eigenvalue weighted by Gasteiger charge is -2.34. The predicted octanol–water partition coefficient (Wildman–Crippen LogP) is 1.77. The van der Waals surface area contributed by atoms with E-state index in [0.29, 0.717) is 19.8 Å². The maximum absolute atomic E-state index is 12.9. The second-order valence-electron chi connectivity index (χ2n) is 5.65. The van der Waals surface area contributed by atoms with Crippen LogP contribution in [0.25, 0.3) is 0 Å². The molecule has 0 spiro atoms. The Bertz CT molecular complexity index is 552. The molecule has 6 nitrogen and oxygen atoms in total. The molecule has 1 aromatic heterocycles. The average molecular weight is 314 g/mol. The minimum Gasteiger partial charge on any atom is -0.468 e. The first-order chi connectivity index (χ1) is 10.1. The fourth-order valence-corrected chi connectivity index (χ4v) is 4.99. The van der Waals surface area contributed by atoms with Crippen LogP contribution in [0.5, 0.6) is 0 Å². The van der Waals surface area contributed by atoms with Crippen molar-refractivity contribution in [3.8, 4) is 0 Å². The smallest absolute Gasteiger partial charge is 0.282 e. The van der Waals surface area contributed by atoms with E-state index in [4.69, 9.17) is 9.15 Å². The lowest BCUT2D eigenvalue weighted by atomic mass is 10.1. The second-order valence-corrected chi connectivity index (χ2v) is 7.59. The van der Waals surface area contributed by atoms with Crippen molar-refractivity contribution in [2.24, 2.45) is 0 Å². The zero-order valence-corrected chi connectivity index (χ0v) is 13.1. The van der Waals surface area contributed by atoms with Crippen LogP contribution in [0.4, 0.5) is 0 Å². The molecule has 2 aliphatic rings. The molecule has 0 N–H and O–H groups in total. The largest absolute Gasteiger partial charge is 0.468 e. The molecule has 2 saturated heterocycles. The summed E-state index contributed by atoms with van der Waals surface area (Å²) in [5.41, 5.74) is 0. The molecule has 2 aliphatic heterocycles. The van der Waals surface area contributed by atoms with Crippen LogP contribution in [0, 0.1) is 0 Å². The number of ether oxygens (including phenoxy) is 1. The Morgan fingerprint density at radius 3 is 2.71 bits per heavy atom. The number of rotatable bonds is 4. The zero-order valence-electron chi connectivity index (χ0n) is 12.3. The number of nitrogens with zero attached hydrogens (tertiary/aromatic N) is 2. The maximum Gasteiger partial charge on any atom is 0.282 e. The quantitative estimate of drug-likeness (QED) is 0.850. The van der Waals surface area contributed by atoms with Gasteiger partial charge in [0.25, 0.3) is 10.2 Å². The van der Waals surface area contributed by atoms with E-state index < -0.39 is 10.2 Å². The van der Waals surface area contributed by atoms with Crippen molar-refractivity contribution in [1.82, 2.24) is 8.61 Å². The summed E-state index contributed by atoms with van der Waals surface area (Å²) in [5, 5.41) is 0. The van der Waals surface area contributed by atoms with Gasteiger partial charge in [0, 0.05) is 32.8 Å². The van der Waals surface area contributed by atoms with Gasteiger partial charge in [-0.3, -0.25) is 0 Å². The van der Waals surface area contributed by atoms with Crippen molar-refractivity contribution in [2.45, 2.75) is 37.8 Å². The normalized spacial score (nSPS) is 25.7. The van der Waals surface area contributed by atoms with Crippen LogP contribution >= 0.6 is 0 Å². The van der Waals surface area contributed by atoms with Crippen LogP contribution in [0.1, 0.15) is 37.5 Å². The van der Waals surface area contributed by atoms with Gasteiger partial charge in [0.2, 0.25) is 0 Å². The molecule has 0 bridgehead atoms. The summed E-state index contributed by atoms with van der Waals surface area (Å²) in [7, 11) is -1.78. The highest BCUT2D eigenvalue weighted by Crippen LogP contribution is 2.36. The molecular formula is C14H22N2O4S. The molecule has 0 aliphatic carbocycles. The summed E-state index contributed by atoms with van der Waals surface area (Å²) >= 11 is 0. The number of hydrogen-bond donors (Lipinski definition) is 0. The molecule has 1 unspecified atom stereocenters. The Balaban J connectivity index is 1.79. The first-order valence-electron chi connectivity index (χ1n) is 7.46. The Labute approximate surface area is 125 Å². The molecule has 0 amide bonds. The molecule has 7 heteroatoms. The summed E-state index contributed by atoms with van der Waals surface area (Å²) in [6.45, 7) is 1.82. The predicted molar refractivity (Wildman–Crippen MR) is 77.9 cm³/mol. The van der Waals surface area contributed by atoms with Crippen LogP contribution in [0.15, 0.2) is 22.8 Å². The van der Waals surface area contributed by atoms with Gasteiger partial charge in [0.05, 0.1) is 12.3 Å². The zero-order chi connectivity index (χ0) is 14.9. The van der Waals surface area contributed by atoms with E-state index >= 15 is 0 Å². The summed E-state index contributed by atoms with van der Waals surface area (Å²) in [6.07, 6.45) is 4.80. The van der Waals surface area contributed by atoms with Gasteiger partial charge in [-0.25, -0.2) is 0 Å². The van der Waals surface area contributed by atoms with E-state index in [-0.39, 0.29) is 12.1 Å². The number of furan rings is 1. The monoisotopic (exact) mass is 314 g/mol. The van der Waals surface area contributed by atoms with E-state index in [1.807, 2.05) is 6.07 Å². The van der Waals surface area contributed by atoms with Crippen LogP contribution in [-0.2, 0) is 14.9 Å². The molecule has 1 aromatic rings. The Kier molecular flexibility index (Phi) is 4.35. The summed E-state index contributed by atoms with van der Waals surface area (Å²) in [4.78, 5) is 0. The molecule has 3 rings (SSSR count). The highest BCUT2D eigenvalue weighted by molar-refractivity contribution is 7.86. The Morgan fingerprint density at radius 1 is 1.29 bits per heavy atom. The molecule has 3 heterocycles. The molecule has 1 atom stereocenters. The lowest BCUT2D eigenvalue weighted by molar-refractivity contribution is 0.0616. The van der Waals surface area contributed by atoms with Gasteiger partial charge in [-0.1, -0.05) is 0 Å². The van der Waals surface area contributed by atoms with E-state index in [1.165, 1.54) is 4.31 Å². The van der Waals surface area contributed by atoms with Crippen molar-refractivity contribution in [1.29, 1.82) is 0 Å². The van der Waals surface area contributed by atoms with Gasteiger partial charge in [-0.2, -0.15) is 17.0 Å². The highest BCUT2D eigenvalue weighted by Gasteiger charge is 2.41. The van der Waals surface area contributed by atoms with Crippen molar-refractivity contribution >= 4 is 10.2 Å². The molecule has 0 saturated carbocycles. The van der Waals surface area contributed by atoms with Crippen LogP contribution in [-0.4, -0.2) is 49.9 Å². The fourth-order valence-electron chi connectivity index (χ4n) is 3.18. The van der Waals surface area contributed by atoms with Gasteiger partial charge in [0.1, 0.15) is 5.76 Å². The minimum atomic E-state index is -3.46. The SMILES string of the molecule is CN(C1CCOCC1)S(=O)(=O)N1CCCC1c1ccco1. The summed E-state index contributed by atoms with van der Waals surface area (Å²) in [6, 6.07) is 3.52. The van der Waals surface area contributed by atoms with Gasteiger partial charge < -0.3 is 9.15 Å². The van der Waals surface area contributed by atoms with Crippen molar-refractivity contribution in [2.75, 3.05) is 26.8 Å². The molecule has 2 fully saturated rings. The maximum atomic E-state index is 12.9. The molecule has 0 aromatic carbocycles. The van der Waals surface area contributed by atoms with Crippen LogP contribution in [0.2, 0.25) is 0 Å².